The van der Waals surface area contributed by atoms with Crippen LogP contribution >= 0.6 is 0 Å². The van der Waals surface area contributed by atoms with Gasteiger partial charge in [0, 0.05) is 0 Å². The lowest BCUT2D eigenvalue weighted by Crippen LogP contribution is -2.19. The van der Waals surface area contributed by atoms with E-state index in [9.17, 15) is 16.8 Å². The Kier molecular flexibility index (Phi) is 4.45. The summed E-state index contributed by atoms with van der Waals surface area (Å²) in [6.07, 6.45) is 1.82. The summed E-state index contributed by atoms with van der Waals surface area (Å²) in [5.41, 5.74) is 0.156. The van der Waals surface area contributed by atoms with Crippen LogP contribution in [-0.4, -0.2) is 29.2 Å². The Morgan fingerprint density at radius 1 is 1.29 bits per heavy atom. The van der Waals surface area contributed by atoms with Gasteiger partial charge in [0.25, 0.3) is 0 Å². The van der Waals surface area contributed by atoms with Crippen molar-refractivity contribution < 1.29 is 21.6 Å². The zero-order chi connectivity index (χ0) is 15.7. The summed E-state index contributed by atoms with van der Waals surface area (Å²) in [7, 11) is -7.49. The first-order chi connectivity index (χ1) is 9.71. The van der Waals surface area contributed by atoms with Gasteiger partial charge < -0.3 is 4.74 Å². The van der Waals surface area contributed by atoms with Crippen molar-refractivity contribution in [2.24, 2.45) is 11.1 Å². The van der Waals surface area contributed by atoms with Crippen molar-refractivity contribution in [1.29, 1.82) is 0 Å². The number of primary sulfonamides is 1. The van der Waals surface area contributed by atoms with Crippen LogP contribution in [0.15, 0.2) is 23.1 Å². The van der Waals surface area contributed by atoms with Crippen LogP contribution in [0.25, 0.3) is 0 Å². The Morgan fingerprint density at radius 2 is 1.95 bits per heavy atom. The maximum Gasteiger partial charge on any atom is 0.241 e. The first-order valence-electron chi connectivity index (χ1n) is 6.51. The lowest BCUT2D eigenvalue weighted by molar-refractivity contribution is 0.331. The standard InChI is InChI=1S/C12H18N2O5S2/c1-2-19-11-6-5-10(7-12(11)21(13,17)18)14-20(15,16)8-9-3-4-9/h5-7,9,14H,2-4,8H2,1H3,(H2,13,17,18). The molecule has 0 spiro atoms. The summed E-state index contributed by atoms with van der Waals surface area (Å²) >= 11 is 0. The first-order valence-corrected chi connectivity index (χ1v) is 9.71. The molecule has 1 fully saturated rings. The Balaban J connectivity index is 2.28. The molecule has 0 heterocycles. The maximum atomic E-state index is 11.9. The van der Waals surface area contributed by atoms with Crippen LogP contribution in [-0.2, 0) is 20.0 Å². The molecular formula is C12H18N2O5S2. The molecule has 0 atom stereocenters. The average Bonchev–Trinajstić information content (AvgIpc) is 3.12. The van der Waals surface area contributed by atoms with Crippen LogP contribution in [0.4, 0.5) is 5.69 Å². The summed E-state index contributed by atoms with van der Waals surface area (Å²) < 4.78 is 54.5. The third-order valence-electron chi connectivity index (χ3n) is 2.98. The van der Waals surface area contributed by atoms with Gasteiger partial charge in [0.2, 0.25) is 20.0 Å². The molecule has 21 heavy (non-hydrogen) atoms. The number of rotatable bonds is 7. The van der Waals surface area contributed by atoms with Crippen molar-refractivity contribution in [3.05, 3.63) is 18.2 Å². The van der Waals surface area contributed by atoms with E-state index < -0.39 is 20.0 Å². The predicted octanol–water partition coefficient (Wildman–Crippen LogP) is 0.884. The molecule has 1 aliphatic carbocycles. The van der Waals surface area contributed by atoms with Gasteiger partial charge in [0.1, 0.15) is 10.6 Å². The summed E-state index contributed by atoms with van der Waals surface area (Å²) in [6, 6.07) is 4.01. The highest BCUT2D eigenvalue weighted by atomic mass is 32.2. The van der Waals surface area contributed by atoms with Crippen molar-refractivity contribution >= 4 is 25.7 Å². The van der Waals surface area contributed by atoms with Gasteiger partial charge in [-0.1, -0.05) is 0 Å². The van der Waals surface area contributed by atoms with Crippen molar-refractivity contribution in [3.8, 4) is 5.75 Å². The highest BCUT2D eigenvalue weighted by molar-refractivity contribution is 7.92. The van der Waals surface area contributed by atoms with E-state index >= 15 is 0 Å². The van der Waals surface area contributed by atoms with Crippen LogP contribution in [0.2, 0.25) is 0 Å². The lowest BCUT2D eigenvalue weighted by atomic mass is 10.3. The molecule has 7 nitrogen and oxygen atoms in total. The van der Waals surface area contributed by atoms with Crippen molar-refractivity contribution in [2.75, 3.05) is 17.1 Å². The summed E-state index contributed by atoms with van der Waals surface area (Å²) in [5.74, 6) is 0.346. The van der Waals surface area contributed by atoms with Gasteiger partial charge >= 0.3 is 0 Å². The number of anilines is 1. The molecular weight excluding hydrogens is 316 g/mol. The predicted molar refractivity (Wildman–Crippen MR) is 79.1 cm³/mol. The molecule has 9 heteroatoms. The zero-order valence-electron chi connectivity index (χ0n) is 11.6. The topological polar surface area (TPSA) is 116 Å². The number of ether oxygens (including phenoxy) is 1. The molecule has 0 aliphatic heterocycles. The minimum absolute atomic E-state index is 0.0465. The lowest BCUT2D eigenvalue weighted by Gasteiger charge is -2.12. The zero-order valence-corrected chi connectivity index (χ0v) is 13.2. The highest BCUT2D eigenvalue weighted by Crippen LogP contribution is 2.31. The largest absolute Gasteiger partial charge is 0.492 e. The Bertz CT molecular complexity index is 724. The van der Waals surface area contributed by atoms with Crippen LogP contribution in [0, 0.1) is 5.92 Å². The number of hydrogen-bond acceptors (Lipinski definition) is 5. The summed E-state index contributed by atoms with van der Waals surface area (Å²) in [4.78, 5) is -0.240. The van der Waals surface area contributed by atoms with Crippen LogP contribution in [0.3, 0.4) is 0 Å². The number of nitrogens with one attached hydrogen (secondary N) is 1. The molecule has 0 unspecified atom stereocenters. The molecule has 1 saturated carbocycles. The van der Waals surface area contributed by atoms with Gasteiger partial charge in [0.05, 0.1) is 18.0 Å². The number of hydrogen-bond donors (Lipinski definition) is 2. The molecule has 1 aliphatic rings. The minimum atomic E-state index is -4.00. The number of nitrogens with two attached hydrogens (primary N) is 1. The summed E-state index contributed by atoms with van der Waals surface area (Å²) in [5, 5.41) is 5.13. The van der Waals surface area contributed by atoms with E-state index in [0.29, 0.717) is 0 Å². The van der Waals surface area contributed by atoms with Crippen molar-refractivity contribution in [2.45, 2.75) is 24.7 Å². The normalized spacial score (nSPS) is 15.7. The first kappa shape index (κ1) is 16.1. The van der Waals surface area contributed by atoms with Crippen molar-refractivity contribution in [3.63, 3.8) is 0 Å². The smallest absolute Gasteiger partial charge is 0.241 e. The molecule has 2 rings (SSSR count). The molecule has 118 valence electrons. The van der Waals surface area contributed by atoms with Gasteiger partial charge in [-0.3, -0.25) is 4.72 Å². The second-order valence-corrected chi connectivity index (χ2v) is 8.26. The third-order valence-corrected chi connectivity index (χ3v) is 5.36. The van der Waals surface area contributed by atoms with Gasteiger partial charge in [-0.15, -0.1) is 0 Å². The maximum absolute atomic E-state index is 11.9. The monoisotopic (exact) mass is 334 g/mol. The van der Waals surface area contributed by atoms with E-state index in [1.54, 1.807) is 6.92 Å². The Labute approximate surface area is 124 Å². The van der Waals surface area contributed by atoms with E-state index in [0.717, 1.165) is 12.8 Å². The molecule has 1 aromatic carbocycles. The molecule has 0 aromatic heterocycles. The van der Waals surface area contributed by atoms with E-state index in [4.69, 9.17) is 9.88 Å². The second kappa shape index (κ2) is 5.82. The van der Waals surface area contributed by atoms with E-state index in [2.05, 4.69) is 4.72 Å². The molecule has 0 amide bonds. The molecule has 3 N–H and O–H groups in total. The summed E-state index contributed by atoms with van der Waals surface area (Å²) in [6.45, 7) is 1.98. The number of benzene rings is 1. The molecule has 0 bridgehead atoms. The third kappa shape index (κ3) is 4.58. The SMILES string of the molecule is CCOc1ccc(NS(=O)(=O)CC2CC2)cc1S(N)(=O)=O. The number of sulfonamides is 2. The van der Waals surface area contributed by atoms with Gasteiger partial charge in [-0.2, -0.15) is 0 Å². The van der Waals surface area contributed by atoms with E-state index in [1.807, 2.05) is 0 Å². The second-order valence-electron chi connectivity index (χ2n) is 4.97. The fourth-order valence-electron chi connectivity index (χ4n) is 1.88. The molecule has 0 radical (unpaired) electrons. The van der Waals surface area contributed by atoms with Gasteiger partial charge in [-0.05, 0) is 43.9 Å². The highest BCUT2D eigenvalue weighted by Gasteiger charge is 2.28. The van der Waals surface area contributed by atoms with Crippen LogP contribution in [0.5, 0.6) is 5.75 Å². The van der Waals surface area contributed by atoms with Crippen LogP contribution < -0.4 is 14.6 Å². The van der Waals surface area contributed by atoms with E-state index in [1.165, 1.54) is 18.2 Å². The van der Waals surface area contributed by atoms with E-state index in [-0.39, 0.29) is 34.6 Å². The van der Waals surface area contributed by atoms with Crippen LogP contribution in [0.1, 0.15) is 19.8 Å². The molecule has 0 saturated heterocycles. The van der Waals surface area contributed by atoms with Crippen molar-refractivity contribution in [1.82, 2.24) is 0 Å². The Hall–Kier alpha value is -1.32. The fraction of sp³-hybridized carbons (Fsp3) is 0.500. The quantitative estimate of drug-likeness (QED) is 0.768. The Morgan fingerprint density at radius 3 is 2.48 bits per heavy atom. The average molecular weight is 334 g/mol. The van der Waals surface area contributed by atoms with Gasteiger partial charge in [-0.25, -0.2) is 22.0 Å². The molecule has 1 aromatic rings. The minimum Gasteiger partial charge on any atom is -0.492 e. The fourth-order valence-corrected chi connectivity index (χ4v) is 4.11. The van der Waals surface area contributed by atoms with Gasteiger partial charge in [0.15, 0.2) is 0 Å².